The first kappa shape index (κ1) is 5.61. The van der Waals surface area contributed by atoms with Gasteiger partial charge < -0.3 is 0 Å². The topological polar surface area (TPSA) is 43.1 Å². The summed E-state index contributed by atoms with van der Waals surface area (Å²) in [5, 5.41) is 11.8. The number of hydrogen-bond acceptors (Lipinski definition) is 3. The van der Waals surface area contributed by atoms with E-state index in [1.54, 1.807) is 12.3 Å². The van der Waals surface area contributed by atoms with Crippen LogP contribution in [0, 0.1) is 0 Å². The van der Waals surface area contributed by atoms with Crippen LogP contribution in [0.3, 0.4) is 0 Å². The van der Waals surface area contributed by atoms with Gasteiger partial charge in [0.2, 0.25) is 0 Å². The van der Waals surface area contributed by atoms with Crippen LogP contribution < -0.4 is 0 Å². The standard InChI is InChI=1S/C5H3ClN4/c6-4-1-2-8-10-3-7-9-5(4)10/h1-3H. The molecule has 0 aliphatic carbocycles. The van der Waals surface area contributed by atoms with E-state index in [9.17, 15) is 0 Å². The summed E-state index contributed by atoms with van der Waals surface area (Å²) in [6, 6.07) is 1.67. The minimum atomic E-state index is 0.563. The molecule has 4 nitrogen and oxygen atoms in total. The van der Waals surface area contributed by atoms with Gasteiger partial charge in [0.15, 0.2) is 5.65 Å². The highest BCUT2D eigenvalue weighted by Crippen LogP contribution is 2.10. The summed E-state index contributed by atoms with van der Waals surface area (Å²) in [4.78, 5) is 0. The maximum absolute atomic E-state index is 5.74. The summed E-state index contributed by atoms with van der Waals surface area (Å²) >= 11 is 5.74. The summed E-state index contributed by atoms with van der Waals surface area (Å²) in [7, 11) is 0. The second-order valence-corrected chi connectivity index (χ2v) is 2.19. The van der Waals surface area contributed by atoms with Crippen molar-refractivity contribution in [3.05, 3.63) is 23.6 Å². The number of rotatable bonds is 0. The Morgan fingerprint density at radius 2 is 2.40 bits per heavy atom. The van der Waals surface area contributed by atoms with Crippen molar-refractivity contribution >= 4 is 17.2 Å². The van der Waals surface area contributed by atoms with Crippen molar-refractivity contribution in [3.63, 3.8) is 0 Å². The summed E-state index contributed by atoms with van der Waals surface area (Å²) in [6.45, 7) is 0. The molecule has 0 radical (unpaired) electrons. The van der Waals surface area contributed by atoms with E-state index in [-0.39, 0.29) is 0 Å². The Bertz CT molecular complexity index is 355. The Labute approximate surface area is 61.4 Å². The van der Waals surface area contributed by atoms with Crippen LogP contribution in [0.15, 0.2) is 18.6 Å². The molecule has 2 aromatic rings. The molecule has 0 aliphatic heterocycles. The van der Waals surface area contributed by atoms with Crippen molar-refractivity contribution in [1.29, 1.82) is 0 Å². The van der Waals surface area contributed by atoms with Crippen LogP contribution in [0.1, 0.15) is 0 Å². The van der Waals surface area contributed by atoms with Gasteiger partial charge >= 0.3 is 0 Å². The summed E-state index contributed by atoms with van der Waals surface area (Å²) < 4.78 is 1.52. The third kappa shape index (κ3) is 0.657. The fraction of sp³-hybridized carbons (Fsp3) is 0. The maximum atomic E-state index is 5.74. The van der Waals surface area contributed by atoms with Crippen LogP contribution in [0.4, 0.5) is 0 Å². The highest BCUT2D eigenvalue weighted by atomic mass is 35.5. The number of nitrogens with zero attached hydrogens (tertiary/aromatic N) is 4. The van der Waals surface area contributed by atoms with Gasteiger partial charge in [0.25, 0.3) is 0 Å². The van der Waals surface area contributed by atoms with E-state index in [0.717, 1.165) is 0 Å². The monoisotopic (exact) mass is 154 g/mol. The second-order valence-electron chi connectivity index (χ2n) is 1.78. The van der Waals surface area contributed by atoms with Crippen LogP contribution in [-0.4, -0.2) is 19.8 Å². The van der Waals surface area contributed by atoms with Gasteiger partial charge in [0, 0.05) is 6.20 Å². The van der Waals surface area contributed by atoms with Gasteiger partial charge in [-0.25, -0.2) is 0 Å². The Morgan fingerprint density at radius 1 is 1.50 bits per heavy atom. The lowest BCUT2D eigenvalue weighted by Crippen LogP contribution is -1.87. The molecule has 50 valence electrons. The van der Waals surface area contributed by atoms with Crippen molar-refractivity contribution < 1.29 is 0 Å². The minimum absolute atomic E-state index is 0.563. The van der Waals surface area contributed by atoms with Crippen molar-refractivity contribution in [3.8, 4) is 0 Å². The fourth-order valence-electron chi connectivity index (χ4n) is 0.717. The molecule has 2 heterocycles. The molecule has 0 fully saturated rings. The first-order valence-electron chi connectivity index (χ1n) is 2.68. The van der Waals surface area contributed by atoms with Gasteiger partial charge in [-0.05, 0) is 6.07 Å². The zero-order valence-electron chi connectivity index (χ0n) is 4.90. The SMILES string of the molecule is Clc1ccnn2cnnc12. The van der Waals surface area contributed by atoms with Crippen molar-refractivity contribution in [2.45, 2.75) is 0 Å². The van der Waals surface area contributed by atoms with Gasteiger partial charge in [-0.15, -0.1) is 10.2 Å². The van der Waals surface area contributed by atoms with Crippen LogP contribution >= 0.6 is 11.6 Å². The fourth-order valence-corrected chi connectivity index (χ4v) is 0.897. The Kier molecular flexibility index (Phi) is 1.07. The van der Waals surface area contributed by atoms with E-state index in [4.69, 9.17) is 11.6 Å². The van der Waals surface area contributed by atoms with Gasteiger partial charge in [-0.3, -0.25) is 0 Å². The van der Waals surface area contributed by atoms with E-state index >= 15 is 0 Å². The molecule has 10 heavy (non-hydrogen) atoms. The first-order valence-corrected chi connectivity index (χ1v) is 3.06. The Morgan fingerprint density at radius 3 is 3.20 bits per heavy atom. The van der Waals surface area contributed by atoms with E-state index < -0.39 is 0 Å². The third-order valence-corrected chi connectivity index (χ3v) is 1.45. The normalized spacial score (nSPS) is 10.5. The Balaban J connectivity index is 2.95. The second kappa shape index (κ2) is 1.91. The lowest BCUT2D eigenvalue weighted by molar-refractivity contribution is 0.926. The Hall–Kier alpha value is -1.16. The summed E-state index contributed by atoms with van der Waals surface area (Å²) in [5.74, 6) is 0. The molecule has 0 bridgehead atoms. The van der Waals surface area contributed by atoms with Crippen LogP contribution in [-0.2, 0) is 0 Å². The first-order chi connectivity index (χ1) is 4.88. The summed E-state index contributed by atoms with van der Waals surface area (Å²) in [5.41, 5.74) is 0.587. The molecule has 0 amide bonds. The smallest absolute Gasteiger partial charge is 0.196 e. The molecule has 5 heteroatoms. The van der Waals surface area contributed by atoms with Gasteiger partial charge in [0.05, 0.1) is 5.02 Å². The van der Waals surface area contributed by atoms with E-state index in [2.05, 4.69) is 15.3 Å². The predicted molar refractivity (Wildman–Crippen MR) is 35.8 cm³/mol. The van der Waals surface area contributed by atoms with Crippen molar-refractivity contribution in [1.82, 2.24) is 19.8 Å². The number of aromatic nitrogens is 4. The average molecular weight is 155 g/mol. The van der Waals surface area contributed by atoms with Gasteiger partial charge in [0.1, 0.15) is 6.33 Å². The highest BCUT2D eigenvalue weighted by Gasteiger charge is 1.98. The van der Waals surface area contributed by atoms with Crippen LogP contribution in [0.2, 0.25) is 5.02 Å². The highest BCUT2D eigenvalue weighted by molar-refractivity contribution is 6.33. The molecule has 0 N–H and O–H groups in total. The van der Waals surface area contributed by atoms with E-state index in [1.807, 2.05) is 0 Å². The molecule has 2 rings (SSSR count). The number of halogens is 1. The molecule has 0 atom stereocenters. The molecule has 0 aliphatic rings. The zero-order valence-corrected chi connectivity index (χ0v) is 5.65. The molecule has 0 saturated carbocycles. The minimum Gasteiger partial charge on any atom is -0.199 e. The molecule has 0 spiro atoms. The molecule has 0 saturated heterocycles. The lowest BCUT2D eigenvalue weighted by Gasteiger charge is -1.89. The lowest BCUT2D eigenvalue weighted by atomic mass is 10.6. The van der Waals surface area contributed by atoms with Crippen LogP contribution in [0.5, 0.6) is 0 Å². The largest absolute Gasteiger partial charge is 0.199 e. The van der Waals surface area contributed by atoms with E-state index in [0.29, 0.717) is 10.7 Å². The third-order valence-electron chi connectivity index (χ3n) is 1.16. The number of fused-ring (bicyclic) bond motifs is 1. The van der Waals surface area contributed by atoms with Gasteiger partial charge in [-0.1, -0.05) is 11.6 Å². The molecule has 2 aromatic heterocycles. The molecular formula is C5H3ClN4. The average Bonchev–Trinajstić information content (AvgIpc) is 2.36. The van der Waals surface area contributed by atoms with Crippen LogP contribution in [0.25, 0.3) is 5.65 Å². The van der Waals surface area contributed by atoms with Crippen molar-refractivity contribution in [2.75, 3.05) is 0 Å². The molecular weight excluding hydrogens is 152 g/mol. The maximum Gasteiger partial charge on any atom is 0.196 e. The summed E-state index contributed by atoms with van der Waals surface area (Å²) in [6.07, 6.45) is 3.10. The number of hydrogen-bond donors (Lipinski definition) is 0. The van der Waals surface area contributed by atoms with Crippen molar-refractivity contribution in [2.24, 2.45) is 0 Å². The molecule has 0 unspecified atom stereocenters. The van der Waals surface area contributed by atoms with Gasteiger partial charge in [-0.2, -0.15) is 9.61 Å². The zero-order chi connectivity index (χ0) is 6.97. The quantitative estimate of drug-likeness (QED) is 0.563. The predicted octanol–water partition coefficient (Wildman–Crippen LogP) is 0.778. The van der Waals surface area contributed by atoms with E-state index in [1.165, 1.54) is 10.8 Å². The molecule has 0 aromatic carbocycles.